The third-order valence-corrected chi connectivity index (χ3v) is 3.90. The number of nitrogens with zero attached hydrogens (tertiary/aromatic N) is 3. The van der Waals surface area contributed by atoms with Gasteiger partial charge in [-0.1, -0.05) is 12.1 Å². The molecule has 3 rings (SSSR count). The maximum atomic E-state index is 13.7. The van der Waals surface area contributed by atoms with Crippen LogP contribution in [-0.2, 0) is 4.79 Å². The summed E-state index contributed by atoms with van der Waals surface area (Å²) in [7, 11) is 0. The van der Waals surface area contributed by atoms with E-state index in [0.717, 1.165) is 12.1 Å². The van der Waals surface area contributed by atoms with Crippen LogP contribution in [0.15, 0.2) is 30.3 Å². The number of carbonyl (C=O) groups is 1. The monoisotopic (exact) mass is 315 g/mol. The number of hydrogen-bond acceptors (Lipinski definition) is 4. The van der Waals surface area contributed by atoms with Gasteiger partial charge in [0.05, 0.1) is 0 Å². The molecule has 1 saturated heterocycles. The summed E-state index contributed by atoms with van der Waals surface area (Å²) < 4.78 is 19.3. The number of benzene rings is 1. The van der Waals surface area contributed by atoms with Crippen LogP contribution in [0.3, 0.4) is 0 Å². The number of ether oxygens (including phenoxy) is 1. The van der Waals surface area contributed by atoms with E-state index in [2.05, 4.69) is 9.97 Å². The Morgan fingerprint density at radius 2 is 2.13 bits per heavy atom. The molecule has 1 aliphatic rings. The van der Waals surface area contributed by atoms with E-state index >= 15 is 0 Å². The minimum absolute atomic E-state index is 0.0583. The highest BCUT2D eigenvalue weighted by molar-refractivity contribution is 5.73. The van der Waals surface area contributed by atoms with Gasteiger partial charge in [0.1, 0.15) is 5.82 Å². The van der Waals surface area contributed by atoms with E-state index in [4.69, 9.17) is 4.74 Å². The van der Waals surface area contributed by atoms with Gasteiger partial charge in [-0.25, -0.2) is 9.37 Å². The van der Waals surface area contributed by atoms with Gasteiger partial charge in [0.15, 0.2) is 11.6 Å². The normalized spacial score (nSPS) is 17.3. The Bertz CT molecular complexity index is 736. The topological polar surface area (TPSA) is 55.3 Å². The van der Waals surface area contributed by atoms with Crippen LogP contribution in [0.4, 0.5) is 4.39 Å². The standard InChI is InChI=1S/C17H18FN3O2/c1-11-9-16(23-15-6-4-3-5-14(15)18)20-17(19-11)13-7-8-21(10-13)12(2)22/h3-6,9,13H,7-8,10H2,1-2H3/t13-/m0/s1. The summed E-state index contributed by atoms with van der Waals surface area (Å²) in [4.78, 5) is 22.1. The zero-order valence-corrected chi connectivity index (χ0v) is 13.1. The van der Waals surface area contributed by atoms with Gasteiger partial charge in [-0.3, -0.25) is 4.79 Å². The first-order chi connectivity index (χ1) is 11.0. The maximum absolute atomic E-state index is 13.7. The highest BCUT2D eigenvalue weighted by Gasteiger charge is 2.28. The third-order valence-electron chi connectivity index (χ3n) is 3.90. The van der Waals surface area contributed by atoms with Crippen molar-refractivity contribution >= 4 is 5.91 Å². The lowest BCUT2D eigenvalue weighted by atomic mass is 10.1. The van der Waals surface area contributed by atoms with Crippen molar-refractivity contribution in [2.45, 2.75) is 26.2 Å². The number of amides is 1. The van der Waals surface area contributed by atoms with E-state index in [0.29, 0.717) is 24.8 Å². The van der Waals surface area contributed by atoms with Crippen LogP contribution < -0.4 is 4.74 Å². The largest absolute Gasteiger partial charge is 0.436 e. The van der Waals surface area contributed by atoms with Crippen molar-refractivity contribution in [1.82, 2.24) is 14.9 Å². The molecule has 2 heterocycles. The Morgan fingerprint density at radius 1 is 1.35 bits per heavy atom. The Labute approximate surface area is 134 Å². The van der Waals surface area contributed by atoms with Crippen molar-refractivity contribution in [3.8, 4) is 11.6 Å². The molecule has 5 nitrogen and oxygen atoms in total. The van der Waals surface area contributed by atoms with Crippen molar-refractivity contribution in [2.24, 2.45) is 0 Å². The minimum Gasteiger partial charge on any atom is -0.436 e. The van der Waals surface area contributed by atoms with Gasteiger partial charge < -0.3 is 9.64 Å². The average molecular weight is 315 g/mol. The van der Waals surface area contributed by atoms with E-state index < -0.39 is 5.82 Å². The molecule has 1 atom stereocenters. The van der Waals surface area contributed by atoms with E-state index in [9.17, 15) is 9.18 Å². The van der Waals surface area contributed by atoms with E-state index in [1.807, 2.05) is 6.92 Å². The predicted molar refractivity (Wildman–Crippen MR) is 82.9 cm³/mol. The van der Waals surface area contributed by atoms with Gasteiger partial charge in [-0.15, -0.1) is 0 Å². The molecule has 23 heavy (non-hydrogen) atoms. The zero-order chi connectivity index (χ0) is 16.4. The molecular formula is C17H18FN3O2. The molecule has 0 unspecified atom stereocenters. The van der Waals surface area contributed by atoms with Gasteiger partial charge in [0, 0.05) is 37.7 Å². The quantitative estimate of drug-likeness (QED) is 0.873. The Hall–Kier alpha value is -2.50. The lowest BCUT2D eigenvalue weighted by molar-refractivity contribution is -0.127. The number of hydrogen-bond donors (Lipinski definition) is 0. The number of likely N-dealkylation sites (tertiary alicyclic amines) is 1. The van der Waals surface area contributed by atoms with Crippen LogP contribution in [0, 0.1) is 12.7 Å². The van der Waals surface area contributed by atoms with Crippen LogP contribution in [0.2, 0.25) is 0 Å². The molecule has 0 N–H and O–H groups in total. The molecule has 0 bridgehead atoms. The highest BCUT2D eigenvalue weighted by atomic mass is 19.1. The number of carbonyl (C=O) groups excluding carboxylic acids is 1. The van der Waals surface area contributed by atoms with Gasteiger partial charge in [0.25, 0.3) is 0 Å². The minimum atomic E-state index is -0.436. The molecule has 120 valence electrons. The molecule has 0 aliphatic carbocycles. The smallest absolute Gasteiger partial charge is 0.222 e. The fourth-order valence-electron chi connectivity index (χ4n) is 2.69. The molecule has 1 fully saturated rings. The van der Waals surface area contributed by atoms with Crippen molar-refractivity contribution in [3.05, 3.63) is 47.7 Å². The number of aromatic nitrogens is 2. The van der Waals surface area contributed by atoms with Crippen LogP contribution in [0.5, 0.6) is 11.6 Å². The maximum Gasteiger partial charge on any atom is 0.222 e. The summed E-state index contributed by atoms with van der Waals surface area (Å²) in [5.74, 6) is 0.797. The van der Waals surface area contributed by atoms with Crippen LogP contribution in [0.1, 0.15) is 30.8 Å². The molecule has 0 saturated carbocycles. The second kappa shape index (κ2) is 6.32. The highest BCUT2D eigenvalue weighted by Crippen LogP contribution is 2.28. The van der Waals surface area contributed by atoms with Gasteiger partial charge >= 0.3 is 0 Å². The fraction of sp³-hybridized carbons (Fsp3) is 0.353. The summed E-state index contributed by atoms with van der Waals surface area (Å²) >= 11 is 0. The summed E-state index contributed by atoms with van der Waals surface area (Å²) in [5, 5.41) is 0. The predicted octanol–water partition coefficient (Wildman–Crippen LogP) is 3.05. The lowest BCUT2D eigenvalue weighted by Crippen LogP contribution is -2.25. The molecular weight excluding hydrogens is 297 g/mol. The van der Waals surface area contributed by atoms with Gasteiger partial charge in [-0.05, 0) is 25.5 Å². The molecule has 1 amide bonds. The molecule has 1 aromatic carbocycles. The Morgan fingerprint density at radius 3 is 2.83 bits per heavy atom. The van der Waals surface area contributed by atoms with Gasteiger partial charge in [-0.2, -0.15) is 4.98 Å². The van der Waals surface area contributed by atoms with E-state index in [-0.39, 0.29) is 17.6 Å². The van der Waals surface area contributed by atoms with Crippen LogP contribution in [0.25, 0.3) is 0 Å². The SMILES string of the molecule is CC(=O)N1CC[C@H](c2nc(C)cc(Oc3ccccc3F)n2)C1. The summed E-state index contributed by atoms with van der Waals surface area (Å²) in [6, 6.07) is 7.88. The third kappa shape index (κ3) is 3.47. The van der Waals surface area contributed by atoms with Crippen molar-refractivity contribution in [3.63, 3.8) is 0 Å². The van der Waals surface area contributed by atoms with Crippen molar-refractivity contribution in [1.29, 1.82) is 0 Å². The summed E-state index contributed by atoms with van der Waals surface area (Å²) in [6.45, 7) is 4.72. The van der Waals surface area contributed by atoms with Crippen molar-refractivity contribution < 1.29 is 13.9 Å². The molecule has 2 aromatic rings. The van der Waals surface area contributed by atoms with Crippen LogP contribution in [-0.4, -0.2) is 33.9 Å². The molecule has 0 spiro atoms. The second-order valence-electron chi connectivity index (χ2n) is 5.69. The Kier molecular flexibility index (Phi) is 4.23. The first-order valence-electron chi connectivity index (χ1n) is 7.56. The van der Waals surface area contributed by atoms with E-state index in [1.54, 1.807) is 36.1 Å². The number of rotatable bonds is 3. The summed E-state index contributed by atoms with van der Waals surface area (Å²) in [6.07, 6.45) is 0.822. The first kappa shape index (κ1) is 15.4. The molecule has 0 radical (unpaired) electrons. The summed E-state index contributed by atoms with van der Waals surface area (Å²) in [5.41, 5.74) is 0.752. The van der Waals surface area contributed by atoms with Gasteiger partial charge in [0.2, 0.25) is 11.8 Å². The first-order valence-corrected chi connectivity index (χ1v) is 7.56. The molecule has 1 aromatic heterocycles. The molecule has 1 aliphatic heterocycles. The second-order valence-corrected chi connectivity index (χ2v) is 5.69. The Balaban J connectivity index is 1.83. The number of para-hydroxylation sites is 1. The van der Waals surface area contributed by atoms with E-state index in [1.165, 1.54) is 6.07 Å². The number of halogens is 1. The molecule has 6 heteroatoms. The lowest BCUT2D eigenvalue weighted by Gasteiger charge is -2.14. The van der Waals surface area contributed by atoms with Crippen molar-refractivity contribution in [2.75, 3.05) is 13.1 Å². The fourth-order valence-corrected chi connectivity index (χ4v) is 2.69. The van der Waals surface area contributed by atoms with Crippen LogP contribution >= 0.6 is 0 Å². The average Bonchev–Trinajstić information content (AvgIpc) is 2.99. The number of aryl methyl sites for hydroxylation is 1. The zero-order valence-electron chi connectivity index (χ0n) is 13.1.